The lowest BCUT2D eigenvalue weighted by molar-refractivity contribution is -0.123. The van der Waals surface area contributed by atoms with E-state index in [0.29, 0.717) is 22.8 Å². The van der Waals surface area contributed by atoms with Gasteiger partial charge in [-0.25, -0.2) is 0 Å². The number of primary amides is 1. The van der Waals surface area contributed by atoms with Crippen molar-refractivity contribution in [3.05, 3.63) is 0 Å². The Balaban J connectivity index is 2.49. The van der Waals surface area contributed by atoms with E-state index in [-0.39, 0.29) is 5.91 Å². The first kappa shape index (κ1) is 12.8. The molecule has 1 amide bonds. The molecule has 1 saturated carbocycles. The van der Waals surface area contributed by atoms with E-state index in [1.807, 2.05) is 0 Å². The average Bonchev–Trinajstić information content (AvgIpc) is 2.96. The second kappa shape index (κ2) is 4.74. The van der Waals surface area contributed by atoms with Crippen molar-refractivity contribution >= 4 is 17.7 Å². The number of carbonyl (C=O) groups excluding carboxylic acids is 1. The number of nitrogens with two attached hydrogens (primary N) is 2. The maximum Gasteiger partial charge on any atom is 0.238 e. The molecule has 0 aromatic carbocycles. The molecule has 0 aromatic heterocycles. The van der Waals surface area contributed by atoms with Gasteiger partial charge in [-0.1, -0.05) is 20.8 Å². The van der Waals surface area contributed by atoms with Gasteiger partial charge in [-0.15, -0.1) is 0 Å². The van der Waals surface area contributed by atoms with E-state index in [4.69, 9.17) is 11.5 Å². The second-order valence-electron chi connectivity index (χ2n) is 4.94. The number of rotatable bonds is 6. The van der Waals surface area contributed by atoms with E-state index >= 15 is 0 Å². The van der Waals surface area contributed by atoms with Crippen LogP contribution in [-0.2, 0) is 4.79 Å². The van der Waals surface area contributed by atoms with Crippen LogP contribution in [0.5, 0.6) is 0 Å². The molecule has 4 N–H and O–H groups in total. The third-order valence-corrected chi connectivity index (χ3v) is 5.00. The predicted octanol–water partition coefficient (Wildman–Crippen LogP) is 1.36. The highest BCUT2D eigenvalue weighted by Gasteiger charge is 2.46. The van der Waals surface area contributed by atoms with Crippen LogP contribution < -0.4 is 11.5 Å². The molecule has 1 rings (SSSR count). The van der Waals surface area contributed by atoms with Crippen LogP contribution in [-0.4, -0.2) is 22.4 Å². The molecule has 1 aliphatic carbocycles. The highest BCUT2D eigenvalue weighted by molar-refractivity contribution is 8.00. The van der Waals surface area contributed by atoms with Gasteiger partial charge >= 0.3 is 0 Å². The molecule has 0 aliphatic heterocycles. The molecule has 0 radical (unpaired) electrons. The standard InChI is InChI=1S/C11H22N2OS/c1-7(2)8(3)15-6-11(13,10(12)14)9-4-5-9/h7-9H,4-6,13H2,1-3H3,(H2,12,14). The zero-order valence-electron chi connectivity index (χ0n) is 9.82. The molecule has 0 spiro atoms. The van der Waals surface area contributed by atoms with Crippen molar-refractivity contribution in [2.24, 2.45) is 23.3 Å². The number of hydrogen-bond acceptors (Lipinski definition) is 3. The summed E-state index contributed by atoms with van der Waals surface area (Å²) in [5, 5.41) is 0.519. The number of hydrogen-bond donors (Lipinski definition) is 2. The van der Waals surface area contributed by atoms with Gasteiger partial charge in [-0.2, -0.15) is 11.8 Å². The molecule has 2 unspecified atom stereocenters. The Labute approximate surface area is 96.3 Å². The lowest BCUT2D eigenvalue weighted by atomic mass is 9.96. The maximum absolute atomic E-state index is 11.4. The fourth-order valence-electron chi connectivity index (χ4n) is 1.45. The minimum Gasteiger partial charge on any atom is -0.368 e. The third-order valence-electron chi connectivity index (χ3n) is 3.29. The molecule has 4 heteroatoms. The molecule has 0 saturated heterocycles. The van der Waals surface area contributed by atoms with Gasteiger partial charge in [0, 0.05) is 11.0 Å². The quantitative estimate of drug-likeness (QED) is 0.724. The first-order chi connectivity index (χ1) is 6.88. The Morgan fingerprint density at radius 2 is 2.00 bits per heavy atom. The van der Waals surface area contributed by atoms with E-state index in [9.17, 15) is 4.79 Å². The zero-order valence-corrected chi connectivity index (χ0v) is 10.6. The van der Waals surface area contributed by atoms with Crippen LogP contribution >= 0.6 is 11.8 Å². The summed E-state index contributed by atoms with van der Waals surface area (Å²) < 4.78 is 0. The summed E-state index contributed by atoms with van der Waals surface area (Å²) in [4.78, 5) is 11.4. The third kappa shape index (κ3) is 3.11. The van der Waals surface area contributed by atoms with Gasteiger partial charge in [0.2, 0.25) is 5.91 Å². The molecular weight excluding hydrogens is 208 g/mol. The lowest BCUT2D eigenvalue weighted by Crippen LogP contribution is -2.56. The second-order valence-corrected chi connectivity index (χ2v) is 6.30. The van der Waals surface area contributed by atoms with E-state index in [1.165, 1.54) is 0 Å². The molecule has 3 nitrogen and oxygen atoms in total. The molecule has 88 valence electrons. The normalized spacial score (nSPS) is 22.5. The monoisotopic (exact) mass is 230 g/mol. The van der Waals surface area contributed by atoms with Crippen molar-refractivity contribution in [3.8, 4) is 0 Å². The Bertz CT molecular complexity index is 241. The molecule has 2 atom stereocenters. The molecule has 0 aromatic rings. The smallest absolute Gasteiger partial charge is 0.238 e. The van der Waals surface area contributed by atoms with E-state index in [1.54, 1.807) is 11.8 Å². The Morgan fingerprint density at radius 1 is 1.47 bits per heavy atom. The largest absolute Gasteiger partial charge is 0.368 e. The van der Waals surface area contributed by atoms with Crippen molar-refractivity contribution < 1.29 is 4.79 Å². The molecule has 0 bridgehead atoms. The van der Waals surface area contributed by atoms with Crippen LogP contribution in [0, 0.1) is 11.8 Å². The highest BCUT2D eigenvalue weighted by atomic mass is 32.2. The van der Waals surface area contributed by atoms with Crippen molar-refractivity contribution in [3.63, 3.8) is 0 Å². The molecule has 15 heavy (non-hydrogen) atoms. The van der Waals surface area contributed by atoms with Crippen LogP contribution in [0.3, 0.4) is 0 Å². The first-order valence-electron chi connectivity index (χ1n) is 5.58. The van der Waals surface area contributed by atoms with Gasteiger partial charge in [0.05, 0.1) is 0 Å². The van der Waals surface area contributed by atoms with Crippen LogP contribution in [0.25, 0.3) is 0 Å². The molecule has 1 fully saturated rings. The van der Waals surface area contributed by atoms with Crippen molar-refractivity contribution in [1.29, 1.82) is 0 Å². The predicted molar refractivity (Wildman–Crippen MR) is 65.6 cm³/mol. The van der Waals surface area contributed by atoms with Gasteiger partial charge in [0.25, 0.3) is 0 Å². The molecular formula is C11H22N2OS. The highest BCUT2D eigenvalue weighted by Crippen LogP contribution is 2.40. The number of carbonyl (C=O) groups is 1. The number of amides is 1. The zero-order chi connectivity index (χ0) is 11.6. The molecule has 0 heterocycles. The minimum atomic E-state index is -0.770. The summed E-state index contributed by atoms with van der Waals surface area (Å²) in [5.41, 5.74) is 10.7. The molecule has 1 aliphatic rings. The SMILES string of the molecule is CC(C)C(C)SCC(N)(C(N)=O)C1CC1. The fourth-order valence-corrected chi connectivity index (χ4v) is 2.75. The van der Waals surface area contributed by atoms with Crippen molar-refractivity contribution in [2.45, 2.75) is 44.4 Å². The summed E-state index contributed by atoms with van der Waals surface area (Å²) in [6.07, 6.45) is 2.10. The fraction of sp³-hybridized carbons (Fsp3) is 0.909. The topological polar surface area (TPSA) is 69.1 Å². The summed E-state index contributed by atoms with van der Waals surface area (Å²) in [6.45, 7) is 6.53. The lowest BCUT2D eigenvalue weighted by Gasteiger charge is -2.27. The van der Waals surface area contributed by atoms with Gasteiger partial charge in [-0.05, 0) is 24.7 Å². The van der Waals surface area contributed by atoms with Crippen molar-refractivity contribution in [1.82, 2.24) is 0 Å². The number of thioether (sulfide) groups is 1. The minimum absolute atomic E-state index is 0.321. The Hall–Kier alpha value is -0.220. The van der Waals surface area contributed by atoms with E-state index in [2.05, 4.69) is 20.8 Å². The summed E-state index contributed by atoms with van der Waals surface area (Å²) in [5.74, 6) is 1.24. The van der Waals surface area contributed by atoms with E-state index < -0.39 is 5.54 Å². The Morgan fingerprint density at radius 3 is 2.33 bits per heavy atom. The van der Waals surface area contributed by atoms with Crippen LogP contribution in [0.1, 0.15) is 33.6 Å². The average molecular weight is 230 g/mol. The maximum atomic E-state index is 11.4. The van der Waals surface area contributed by atoms with Crippen LogP contribution in [0.15, 0.2) is 0 Å². The van der Waals surface area contributed by atoms with Gasteiger partial charge in [0.15, 0.2) is 0 Å². The first-order valence-corrected chi connectivity index (χ1v) is 6.63. The Kier molecular flexibility index (Phi) is 4.06. The summed E-state index contributed by atoms with van der Waals surface area (Å²) in [7, 11) is 0. The summed E-state index contributed by atoms with van der Waals surface area (Å²) >= 11 is 1.76. The van der Waals surface area contributed by atoms with Gasteiger partial charge in [0.1, 0.15) is 5.54 Å². The van der Waals surface area contributed by atoms with Gasteiger partial charge in [-0.3, -0.25) is 4.79 Å². The van der Waals surface area contributed by atoms with Crippen molar-refractivity contribution in [2.75, 3.05) is 5.75 Å². The van der Waals surface area contributed by atoms with Crippen LogP contribution in [0.4, 0.5) is 0 Å². The summed E-state index contributed by atoms with van der Waals surface area (Å²) in [6, 6.07) is 0. The van der Waals surface area contributed by atoms with Gasteiger partial charge < -0.3 is 11.5 Å². The van der Waals surface area contributed by atoms with Crippen LogP contribution in [0.2, 0.25) is 0 Å². The van der Waals surface area contributed by atoms with E-state index in [0.717, 1.165) is 12.8 Å².